The van der Waals surface area contributed by atoms with Crippen LogP contribution in [0, 0.1) is 0 Å². The molecule has 0 saturated heterocycles. The van der Waals surface area contributed by atoms with Crippen LogP contribution < -0.4 is 23.2 Å². The van der Waals surface area contributed by atoms with Crippen molar-refractivity contribution in [2.24, 2.45) is 0 Å². The highest BCUT2D eigenvalue weighted by molar-refractivity contribution is 7.87. The Balaban J connectivity index is 1.15. The largest absolute Gasteiger partial charge is 0.500 e. The number of fused-ring (bicyclic) bond motifs is 1. The molecular weight excluding hydrogens is 568 g/mol. The third-order valence-electron chi connectivity index (χ3n) is 5.58. The molecule has 0 aliphatic carbocycles. The third kappa shape index (κ3) is 7.32. The fourth-order valence-corrected chi connectivity index (χ4v) is 5.40. The first-order valence-electron chi connectivity index (χ1n) is 12.1. The van der Waals surface area contributed by atoms with Gasteiger partial charge in [-0.25, -0.2) is 4.79 Å². The minimum Gasteiger partial charge on any atom is -0.379 e. The molecule has 0 spiro atoms. The van der Waals surface area contributed by atoms with E-state index in [2.05, 4.69) is 10.6 Å². The molecule has 2 amide bonds. The molecule has 0 unspecified atom stereocenters. The van der Waals surface area contributed by atoms with Crippen molar-refractivity contribution in [2.45, 2.75) is 4.90 Å². The topological polar surface area (TPSA) is 137 Å². The van der Waals surface area contributed by atoms with Crippen molar-refractivity contribution < 1.29 is 34.2 Å². The lowest BCUT2D eigenvalue weighted by atomic mass is 10.1. The summed E-state index contributed by atoms with van der Waals surface area (Å²) in [6.07, 6.45) is 0. The van der Waals surface area contributed by atoms with Crippen LogP contribution in [0.15, 0.2) is 126 Å². The van der Waals surface area contributed by atoms with Gasteiger partial charge in [-0.1, -0.05) is 48.5 Å². The van der Waals surface area contributed by atoms with Gasteiger partial charge in [-0.3, -0.25) is 0 Å². The Kier molecular flexibility index (Phi) is 7.77. The Bertz CT molecular complexity index is 1900. The summed E-state index contributed by atoms with van der Waals surface area (Å²) in [5, 5.41) is 6.88. The predicted octanol–water partition coefficient (Wildman–Crippen LogP) is 5.95. The van der Waals surface area contributed by atoms with Crippen molar-refractivity contribution in [3.05, 3.63) is 121 Å². The van der Waals surface area contributed by atoms with E-state index in [-0.39, 0.29) is 22.1 Å². The number of urea groups is 1. The van der Waals surface area contributed by atoms with Gasteiger partial charge < -0.3 is 23.2 Å². The number of benzene rings is 5. The zero-order valence-electron chi connectivity index (χ0n) is 21.1. The van der Waals surface area contributed by atoms with Crippen LogP contribution >= 0.6 is 0 Å². The Hall–Kier alpha value is -5.07. The summed E-state index contributed by atoms with van der Waals surface area (Å²) in [7, 11) is -8.42. The maximum absolute atomic E-state index is 12.7. The van der Waals surface area contributed by atoms with Gasteiger partial charge in [-0.15, -0.1) is 8.42 Å². The summed E-state index contributed by atoms with van der Waals surface area (Å²) in [6, 6.07) is 30.8. The summed E-state index contributed by atoms with van der Waals surface area (Å²) in [5.74, 6) is 0.167. The average molecular weight is 591 g/mol. The van der Waals surface area contributed by atoms with Gasteiger partial charge >= 0.3 is 26.5 Å². The molecule has 0 heterocycles. The summed E-state index contributed by atoms with van der Waals surface area (Å²) >= 11 is 0. The number of para-hydroxylation sites is 1. The van der Waals surface area contributed by atoms with E-state index in [0.717, 1.165) is 10.8 Å². The van der Waals surface area contributed by atoms with E-state index in [9.17, 15) is 21.6 Å². The first-order chi connectivity index (χ1) is 19.6. The van der Waals surface area contributed by atoms with Crippen LogP contribution in [-0.2, 0) is 20.5 Å². The summed E-state index contributed by atoms with van der Waals surface area (Å²) in [6.45, 7) is 0. The zero-order chi connectivity index (χ0) is 28.9. The molecule has 10 nitrogen and oxygen atoms in total. The van der Waals surface area contributed by atoms with E-state index in [1.165, 1.54) is 66.7 Å². The molecule has 12 heteroatoms. The van der Waals surface area contributed by atoms with Crippen LogP contribution in [0.4, 0.5) is 16.2 Å². The maximum Gasteiger partial charge on any atom is 0.500 e. The first kappa shape index (κ1) is 27.5. The summed E-state index contributed by atoms with van der Waals surface area (Å²) < 4.78 is 64.7. The van der Waals surface area contributed by atoms with Gasteiger partial charge in [0, 0.05) is 11.4 Å². The number of amides is 2. The standard InChI is InChI=1S/C29H22N2O8S2/c32-29(31-24-13-17-27(18-14-24)39-41(35,36)38-25-8-2-1-3-9-25)30-23-11-15-26(16-12-23)37-40(33,34)28-19-10-21-6-4-5-7-22(21)20-28/h1-20H,(H2,30,31,32). The number of hydrogen-bond acceptors (Lipinski definition) is 8. The van der Waals surface area contributed by atoms with Gasteiger partial charge in [0.15, 0.2) is 0 Å². The Morgan fingerprint density at radius 2 is 1.00 bits per heavy atom. The molecule has 0 bridgehead atoms. The monoisotopic (exact) mass is 590 g/mol. The molecule has 0 aromatic heterocycles. The molecule has 0 atom stereocenters. The van der Waals surface area contributed by atoms with E-state index in [1.54, 1.807) is 30.3 Å². The van der Waals surface area contributed by atoms with Gasteiger partial charge in [0.05, 0.1) is 0 Å². The molecular formula is C29H22N2O8S2. The molecule has 5 rings (SSSR count). The number of rotatable bonds is 9. The van der Waals surface area contributed by atoms with Crippen molar-refractivity contribution in [3.63, 3.8) is 0 Å². The quantitative estimate of drug-likeness (QED) is 0.201. The molecule has 2 N–H and O–H groups in total. The second-order valence-corrected chi connectivity index (χ2v) is 11.3. The maximum atomic E-state index is 12.7. The van der Waals surface area contributed by atoms with Crippen molar-refractivity contribution >= 4 is 48.7 Å². The fourth-order valence-electron chi connectivity index (χ4n) is 3.71. The zero-order valence-corrected chi connectivity index (χ0v) is 22.8. The Morgan fingerprint density at radius 3 is 1.59 bits per heavy atom. The third-order valence-corrected chi connectivity index (χ3v) is 7.62. The summed E-state index contributed by atoms with van der Waals surface area (Å²) in [4.78, 5) is 12.4. The van der Waals surface area contributed by atoms with Gasteiger partial charge in [0.1, 0.15) is 22.1 Å². The molecule has 208 valence electrons. The lowest BCUT2D eigenvalue weighted by Gasteiger charge is -2.11. The van der Waals surface area contributed by atoms with E-state index in [4.69, 9.17) is 12.5 Å². The van der Waals surface area contributed by atoms with Gasteiger partial charge in [-0.2, -0.15) is 8.42 Å². The molecule has 5 aromatic carbocycles. The van der Waals surface area contributed by atoms with Crippen molar-refractivity contribution in [1.29, 1.82) is 0 Å². The second kappa shape index (κ2) is 11.6. The van der Waals surface area contributed by atoms with E-state index < -0.39 is 26.5 Å². The number of hydrogen-bond donors (Lipinski definition) is 2. The second-order valence-electron chi connectivity index (χ2n) is 8.56. The SMILES string of the molecule is O=C(Nc1ccc(OS(=O)(=O)Oc2ccccc2)cc1)Nc1ccc(OS(=O)(=O)c2ccc3ccccc3c2)cc1. The lowest BCUT2D eigenvalue weighted by Crippen LogP contribution is -2.19. The summed E-state index contributed by atoms with van der Waals surface area (Å²) in [5.41, 5.74) is 0.736. The minimum atomic E-state index is -4.35. The van der Waals surface area contributed by atoms with Crippen LogP contribution in [0.3, 0.4) is 0 Å². The molecule has 0 radical (unpaired) electrons. The van der Waals surface area contributed by atoms with Gasteiger partial charge in [0.25, 0.3) is 0 Å². The number of nitrogens with one attached hydrogen (secondary N) is 2. The van der Waals surface area contributed by atoms with Crippen LogP contribution in [0.1, 0.15) is 0 Å². The molecule has 5 aromatic rings. The van der Waals surface area contributed by atoms with Crippen molar-refractivity contribution in [3.8, 4) is 17.2 Å². The highest BCUT2D eigenvalue weighted by atomic mass is 32.3. The number of carbonyl (C=O) groups is 1. The first-order valence-corrected chi connectivity index (χ1v) is 14.8. The van der Waals surface area contributed by atoms with E-state index in [1.807, 2.05) is 24.3 Å². The van der Waals surface area contributed by atoms with Crippen LogP contribution in [0.5, 0.6) is 17.2 Å². The molecule has 0 saturated carbocycles. The molecule has 0 aliphatic rings. The minimum absolute atomic E-state index is 0.0129. The van der Waals surface area contributed by atoms with Crippen LogP contribution in [-0.4, -0.2) is 22.9 Å². The normalized spacial score (nSPS) is 11.4. The van der Waals surface area contributed by atoms with Crippen molar-refractivity contribution in [1.82, 2.24) is 0 Å². The van der Waals surface area contributed by atoms with Crippen molar-refractivity contribution in [2.75, 3.05) is 10.6 Å². The Labute approximate surface area is 236 Å². The predicted molar refractivity (Wildman–Crippen MR) is 154 cm³/mol. The van der Waals surface area contributed by atoms with Crippen LogP contribution in [0.25, 0.3) is 10.8 Å². The average Bonchev–Trinajstić information content (AvgIpc) is 2.95. The van der Waals surface area contributed by atoms with Crippen LogP contribution in [0.2, 0.25) is 0 Å². The fraction of sp³-hybridized carbons (Fsp3) is 0. The Morgan fingerprint density at radius 1 is 0.512 bits per heavy atom. The lowest BCUT2D eigenvalue weighted by molar-refractivity contribution is 0.262. The van der Waals surface area contributed by atoms with E-state index in [0.29, 0.717) is 11.4 Å². The smallest absolute Gasteiger partial charge is 0.379 e. The van der Waals surface area contributed by atoms with E-state index >= 15 is 0 Å². The number of carbonyl (C=O) groups excluding carboxylic acids is 1. The number of anilines is 2. The van der Waals surface area contributed by atoms with Gasteiger partial charge in [0.2, 0.25) is 0 Å². The highest BCUT2D eigenvalue weighted by Crippen LogP contribution is 2.24. The van der Waals surface area contributed by atoms with Gasteiger partial charge in [-0.05, 0) is 83.6 Å². The molecule has 0 fully saturated rings. The highest BCUT2D eigenvalue weighted by Gasteiger charge is 2.18. The molecule has 41 heavy (non-hydrogen) atoms. The molecule has 0 aliphatic heterocycles.